The smallest absolute Gasteiger partial charge is 0.0269 e. The molecule has 1 saturated heterocycles. The Kier molecular flexibility index (Phi) is 5.30. The van der Waals surface area contributed by atoms with Crippen molar-refractivity contribution in [3.05, 3.63) is 0 Å². The van der Waals surface area contributed by atoms with Crippen molar-refractivity contribution in [1.29, 1.82) is 0 Å². The van der Waals surface area contributed by atoms with Gasteiger partial charge in [-0.2, -0.15) is 0 Å². The van der Waals surface area contributed by atoms with E-state index in [0.717, 1.165) is 12.0 Å². The molecule has 1 aliphatic carbocycles. The second-order valence-electron chi connectivity index (χ2n) is 7.88. The van der Waals surface area contributed by atoms with Crippen molar-refractivity contribution < 1.29 is 0 Å². The van der Waals surface area contributed by atoms with Crippen LogP contribution in [-0.2, 0) is 0 Å². The molecule has 0 bridgehead atoms. The number of nitrogens with one attached hydrogen (secondary N) is 1. The third-order valence-electron chi connectivity index (χ3n) is 5.10. The molecule has 2 rings (SSSR count). The van der Waals surface area contributed by atoms with Gasteiger partial charge in [0.15, 0.2) is 0 Å². The molecule has 2 unspecified atom stereocenters. The van der Waals surface area contributed by atoms with Gasteiger partial charge in [0, 0.05) is 31.7 Å². The predicted octanol–water partition coefficient (Wildman–Crippen LogP) is 3.67. The maximum atomic E-state index is 3.79. The molecule has 2 nitrogen and oxygen atoms in total. The fourth-order valence-electron chi connectivity index (χ4n) is 4.00. The van der Waals surface area contributed by atoms with Crippen molar-refractivity contribution in [1.82, 2.24) is 10.2 Å². The number of hydrogen-bond acceptors (Lipinski definition) is 2. The van der Waals surface area contributed by atoms with Crippen LogP contribution in [0.2, 0.25) is 0 Å². The molecule has 0 aromatic carbocycles. The highest BCUT2D eigenvalue weighted by Crippen LogP contribution is 2.31. The predicted molar refractivity (Wildman–Crippen MR) is 83.5 cm³/mol. The summed E-state index contributed by atoms with van der Waals surface area (Å²) in [6, 6.07) is 1.44. The Morgan fingerprint density at radius 1 is 1.16 bits per heavy atom. The Morgan fingerprint density at radius 3 is 2.42 bits per heavy atom. The Labute approximate surface area is 120 Å². The first kappa shape index (κ1) is 15.3. The Bertz CT molecular complexity index is 263. The highest BCUT2D eigenvalue weighted by Gasteiger charge is 2.36. The van der Waals surface area contributed by atoms with Gasteiger partial charge in [0.2, 0.25) is 0 Å². The van der Waals surface area contributed by atoms with E-state index in [9.17, 15) is 0 Å². The summed E-state index contributed by atoms with van der Waals surface area (Å²) < 4.78 is 0. The van der Waals surface area contributed by atoms with Gasteiger partial charge < -0.3 is 5.32 Å². The highest BCUT2D eigenvalue weighted by molar-refractivity contribution is 4.93. The van der Waals surface area contributed by atoms with E-state index in [4.69, 9.17) is 0 Å². The van der Waals surface area contributed by atoms with Gasteiger partial charge in [0.25, 0.3) is 0 Å². The average Bonchev–Trinajstić information content (AvgIpc) is 2.81. The summed E-state index contributed by atoms with van der Waals surface area (Å²) in [5.74, 6) is 0.977. The highest BCUT2D eigenvalue weighted by atomic mass is 15.2. The van der Waals surface area contributed by atoms with Crippen LogP contribution in [0.25, 0.3) is 0 Å². The van der Waals surface area contributed by atoms with E-state index in [1.54, 1.807) is 0 Å². The number of nitrogens with zero attached hydrogens (tertiary/aromatic N) is 1. The van der Waals surface area contributed by atoms with Crippen molar-refractivity contribution in [3.63, 3.8) is 0 Å². The lowest BCUT2D eigenvalue weighted by Crippen LogP contribution is -2.61. The van der Waals surface area contributed by atoms with E-state index in [0.29, 0.717) is 11.5 Å². The molecule has 2 aliphatic rings. The van der Waals surface area contributed by atoms with Crippen LogP contribution in [-0.4, -0.2) is 36.6 Å². The van der Waals surface area contributed by atoms with Crippen LogP contribution in [0.3, 0.4) is 0 Å². The van der Waals surface area contributed by atoms with Crippen LogP contribution in [0.1, 0.15) is 66.2 Å². The van der Waals surface area contributed by atoms with Crippen molar-refractivity contribution in [2.45, 2.75) is 78.3 Å². The van der Waals surface area contributed by atoms with Crippen molar-refractivity contribution >= 4 is 0 Å². The second kappa shape index (κ2) is 6.58. The first-order valence-corrected chi connectivity index (χ1v) is 8.48. The molecule has 0 amide bonds. The number of piperazine rings is 1. The normalized spacial score (nSPS) is 30.9. The van der Waals surface area contributed by atoms with Gasteiger partial charge >= 0.3 is 0 Å². The van der Waals surface area contributed by atoms with Gasteiger partial charge in [-0.05, 0) is 30.6 Å². The molecule has 0 aromatic rings. The number of rotatable bonds is 4. The van der Waals surface area contributed by atoms with Crippen molar-refractivity contribution in [2.75, 3.05) is 19.6 Å². The Balaban J connectivity index is 1.97. The van der Waals surface area contributed by atoms with Gasteiger partial charge in [-0.3, -0.25) is 4.90 Å². The van der Waals surface area contributed by atoms with Gasteiger partial charge in [-0.1, -0.05) is 47.0 Å². The third kappa shape index (κ3) is 4.19. The van der Waals surface area contributed by atoms with Crippen LogP contribution < -0.4 is 5.32 Å². The van der Waals surface area contributed by atoms with E-state index < -0.39 is 0 Å². The summed E-state index contributed by atoms with van der Waals surface area (Å²) in [4.78, 5) is 2.83. The molecule has 1 N–H and O–H groups in total. The monoisotopic (exact) mass is 266 g/mol. The summed E-state index contributed by atoms with van der Waals surface area (Å²) in [6.07, 6.45) is 8.51. The second-order valence-corrected chi connectivity index (χ2v) is 7.88. The van der Waals surface area contributed by atoms with E-state index in [2.05, 4.69) is 37.9 Å². The zero-order valence-corrected chi connectivity index (χ0v) is 13.5. The standard InChI is InChI=1S/C17H34N2/c1-5-8-15-13-19(12-14-9-6-7-10-14)16(11-18-15)17(2,3)4/h14-16,18H,5-13H2,1-4H3. The molecule has 0 spiro atoms. The summed E-state index contributed by atoms with van der Waals surface area (Å²) >= 11 is 0. The summed E-state index contributed by atoms with van der Waals surface area (Å²) in [7, 11) is 0. The molecular formula is C17H34N2. The molecule has 2 atom stereocenters. The lowest BCUT2D eigenvalue weighted by atomic mass is 9.83. The zero-order valence-electron chi connectivity index (χ0n) is 13.5. The first-order valence-electron chi connectivity index (χ1n) is 8.48. The lowest BCUT2D eigenvalue weighted by molar-refractivity contribution is 0.0417. The van der Waals surface area contributed by atoms with Gasteiger partial charge in [0.1, 0.15) is 0 Å². The Hall–Kier alpha value is -0.0800. The van der Waals surface area contributed by atoms with Gasteiger partial charge in [0.05, 0.1) is 0 Å². The van der Waals surface area contributed by atoms with Crippen LogP contribution in [0.5, 0.6) is 0 Å². The van der Waals surface area contributed by atoms with E-state index in [1.807, 2.05) is 0 Å². The van der Waals surface area contributed by atoms with Crippen LogP contribution >= 0.6 is 0 Å². The molecule has 0 radical (unpaired) electrons. The maximum Gasteiger partial charge on any atom is 0.0269 e. The summed E-state index contributed by atoms with van der Waals surface area (Å²) in [6.45, 7) is 13.3. The Morgan fingerprint density at radius 2 is 1.84 bits per heavy atom. The van der Waals surface area contributed by atoms with Crippen molar-refractivity contribution in [3.8, 4) is 0 Å². The molecule has 1 heterocycles. The largest absolute Gasteiger partial charge is 0.311 e. The minimum Gasteiger partial charge on any atom is -0.311 e. The minimum atomic E-state index is 0.392. The van der Waals surface area contributed by atoms with E-state index in [1.165, 1.54) is 58.2 Å². The molecule has 2 heteroatoms. The van der Waals surface area contributed by atoms with Crippen LogP contribution in [0.15, 0.2) is 0 Å². The zero-order chi connectivity index (χ0) is 13.9. The quantitative estimate of drug-likeness (QED) is 0.835. The summed E-state index contributed by atoms with van der Waals surface area (Å²) in [5, 5.41) is 3.79. The third-order valence-corrected chi connectivity index (χ3v) is 5.10. The molecule has 1 saturated carbocycles. The fraction of sp³-hybridized carbons (Fsp3) is 1.00. The minimum absolute atomic E-state index is 0.392. The molecule has 2 fully saturated rings. The van der Waals surface area contributed by atoms with E-state index in [-0.39, 0.29) is 0 Å². The van der Waals surface area contributed by atoms with E-state index >= 15 is 0 Å². The average molecular weight is 266 g/mol. The molecule has 19 heavy (non-hydrogen) atoms. The van der Waals surface area contributed by atoms with Gasteiger partial charge in [-0.25, -0.2) is 0 Å². The van der Waals surface area contributed by atoms with Crippen LogP contribution in [0.4, 0.5) is 0 Å². The molecular weight excluding hydrogens is 232 g/mol. The lowest BCUT2D eigenvalue weighted by Gasteiger charge is -2.47. The van der Waals surface area contributed by atoms with Gasteiger partial charge in [-0.15, -0.1) is 0 Å². The SMILES string of the molecule is CCCC1CN(CC2CCCC2)C(C(C)(C)C)CN1. The fourth-order valence-corrected chi connectivity index (χ4v) is 4.00. The van der Waals surface area contributed by atoms with Crippen LogP contribution in [0, 0.1) is 11.3 Å². The summed E-state index contributed by atoms with van der Waals surface area (Å²) in [5.41, 5.74) is 0.392. The maximum absolute atomic E-state index is 3.79. The first-order chi connectivity index (χ1) is 9.00. The number of hydrogen-bond donors (Lipinski definition) is 1. The molecule has 0 aromatic heterocycles. The topological polar surface area (TPSA) is 15.3 Å². The van der Waals surface area contributed by atoms with Crippen molar-refractivity contribution in [2.24, 2.45) is 11.3 Å². The molecule has 112 valence electrons. The molecule has 1 aliphatic heterocycles.